The molecule has 0 fully saturated rings. The van der Waals surface area contributed by atoms with Gasteiger partial charge in [0.2, 0.25) is 0 Å². The molecule has 0 saturated carbocycles. The van der Waals surface area contributed by atoms with Gasteiger partial charge in [-0.3, -0.25) is 4.79 Å². The summed E-state index contributed by atoms with van der Waals surface area (Å²) in [6.45, 7) is 7.95. The second kappa shape index (κ2) is 6.01. The Bertz CT molecular complexity index is 154. The fourth-order valence-corrected chi connectivity index (χ4v) is 1.53. The predicted molar refractivity (Wildman–Crippen MR) is 54.5 cm³/mol. The van der Waals surface area contributed by atoms with E-state index in [0.717, 1.165) is 25.7 Å². The van der Waals surface area contributed by atoms with Crippen molar-refractivity contribution < 1.29 is 9.90 Å². The molecule has 1 radical (unpaired) electrons. The van der Waals surface area contributed by atoms with Crippen molar-refractivity contribution in [1.82, 2.24) is 0 Å². The first-order chi connectivity index (χ1) is 6.06. The standard InChI is InChI=1S/C11H21O2/c1-4-6-7-9-11(3,8-5-2)10(12)13/h3-9H2,1-2H3,(H,12,13). The van der Waals surface area contributed by atoms with Gasteiger partial charge in [-0.25, -0.2) is 0 Å². The first kappa shape index (κ1) is 12.5. The Balaban J connectivity index is 4.00. The van der Waals surface area contributed by atoms with Crippen molar-refractivity contribution in [2.24, 2.45) is 5.41 Å². The van der Waals surface area contributed by atoms with Crippen molar-refractivity contribution in [1.29, 1.82) is 0 Å². The molecule has 13 heavy (non-hydrogen) atoms. The highest BCUT2D eigenvalue weighted by Gasteiger charge is 2.31. The minimum Gasteiger partial charge on any atom is -0.481 e. The summed E-state index contributed by atoms with van der Waals surface area (Å²) in [6, 6.07) is 0. The summed E-state index contributed by atoms with van der Waals surface area (Å²) in [5.41, 5.74) is -0.732. The average molecular weight is 185 g/mol. The van der Waals surface area contributed by atoms with Gasteiger partial charge in [-0.15, -0.1) is 0 Å². The SMILES string of the molecule is [CH2]C(CCC)(CCCCC)C(=O)O. The molecule has 0 saturated heterocycles. The summed E-state index contributed by atoms with van der Waals surface area (Å²) in [4.78, 5) is 10.9. The molecule has 0 heterocycles. The molecule has 1 atom stereocenters. The van der Waals surface area contributed by atoms with Crippen molar-refractivity contribution in [2.45, 2.75) is 52.4 Å². The van der Waals surface area contributed by atoms with Crippen molar-refractivity contribution in [3.8, 4) is 0 Å². The van der Waals surface area contributed by atoms with Gasteiger partial charge in [0.1, 0.15) is 0 Å². The van der Waals surface area contributed by atoms with Crippen LogP contribution in [0.4, 0.5) is 0 Å². The fraction of sp³-hybridized carbons (Fsp3) is 0.818. The van der Waals surface area contributed by atoms with Crippen LogP contribution in [0, 0.1) is 12.3 Å². The minimum atomic E-state index is -0.745. The number of carbonyl (C=O) groups is 1. The van der Waals surface area contributed by atoms with Crippen LogP contribution in [0.2, 0.25) is 0 Å². The Kier molecular flexibility index (Phi) is 5.76. The van der Waals surface area contributed by atoms with Crippen LogP contribution < -0.4 is 0 Å². The molecule has 0 aromatic carbocycles. The lowest BCUT2D eigenvalue weighted by Gasteiger charge is -2.23. The molecule has 77 valence electrons. The van der Waals surface area contributed by atoms with E-state index in [2.05, 4.69) is 13.8 Å². The van der Waals surface area contributed by atoms with Crippen LogP contribution in [-0.2, 0) is 4.79 Å². The number of hydrogen-bond acceptors (Lipinski definition) is 1. The van der Waals surface area contributed by atoms with Crippen LogP contribution in [0.5, 0.6) is 0 Å². The molecule has 0 spiro atoms. The average Bonchev–Trinajstić information content (AvgIpc) is 2.05. The second-order valence-electron chi connectivity index (χ2n) is 3.79. The quantitative estimate of drug-likeness (QED) is 0.618. The number of unbranched alkanes of at least 4 members (excludes halogenated alkanes) is 2. The van der Waals surface area contributed by atoms with Crippen LogP contribution in [0.15, 0.2) is 0 Å². The van der Waals surface area contributed by atoms with Gasteiger partial charge in [0.15, 0.2) is 0 Å². The number of hydrogen-bond donors (Lipinski definition) is 1. The summed E-state index contributed by atoms with van der Waals surface area (Å²) in [5.74, 6) is -0.745. The molecule has 0 amide bonds. The Hall–Kier alpha value is -0.530. The summed E-state index contributed by atoms with van der Waals surface area (Å²) in [5, 5.41) is 9.00. The largest absolute Gasteiger partial charge is 0.481 e. The molecule has 0 rings (SSSR count). The maximum Gasteiger partial charge on any atom is 0.309 e. The van der Waals surface area contributed by atoms with E-state index in [1.165, 1.54) is 0 Å². The van der Waals surface area contributed by atoms with Gasteiger partial charge < -0.3 is 5.11 Å². The molecular weight excluding hydrogens is 164 g/mol. The Morgan fingerprint density at radius 1 is 1.23 bits per heavy atom. The molecular formula is C11H21O2. The second-order valence-corrected chi connectivity index (χ2v) is 3.79. The molecule has 0 aliphatic carbocycles. The number of rotatable bonds is 7. The summed E-state index contributed by atoms with van der Waals surface area (Å²) in [6.07, 6.45) is 5.50. The van der Waals surface area contributed by atoms with Gasteiger partial charge in [0.25, 0.3) is 0 Å². The van der Waals surface area contributed by atoms with Gasteiger partial charge in [-0.2, -0.15) is 0 Å². The third-order valence-electron chi connectivity index (χ3n) is 2.44. The molecule has 0 aromatic rings. The van der Waals surface area contributed by atoms with Crippen LogP contribution in [-0.4, -0.2) is 11.1 Å². The molecule has 2 heteroatoms. The normalized spacial score (nSPS) is 15.3. The highest BCUT2D eigenvalue weighted by Crippen LogP contribution is 2.29. The smallest absolute Gasteiger partial charge is 0.309 e. The highest BCUT2D eigenvalue weighted by atomic mass is 16.4. The Labute approximate surface area is 81.3 Å². The van der Waals surface area contributed by atoms with Crippen LogP contribution in [0.3, 0.4) is 0 Å². The van der Waals surface area contributed by atoms with Gasteiger partial charge >= 0.3 is 5.97 Å². The van der Waals surface area contributed by atoms with Gasteiger partial charge in [0, 0.05) is 0 Å². The molecule has 0 bridgehead atoms. The number of carboxylic acids is 1. The van der Waals surface area contributed by atoms with Crippen molar-refractivity contribution >= 4 is 5.97 Å². The molecule has 0 aliphatic rings. The number of aliphatic carboxylic acids is 1. The van der Waals surface area contributed by atoms with E-state index < -0.39 is 11.4 Å². The van der Waals surface area contributed by atoms with Crippen molar-refractivity contribution in [2.75, 3.05) is 0 Å². The van der Waals surface area contributed by atoms with E-state index in [1.54, 1.807) is 0 Å². The van der Waals surface area contributed by atoms with Gasteiger partial charge in [-0.1, -0.05) is 39.5 Å². The van der Waals surface area contributed by atoms with E-state index in [0.29, 0.717) is 12.8 Å². The first-order valence-corrected chi connectivity index (χ1v) is 5.15. The fourth-order valence-electron chi connectivity index (χ4n) is 1.53. The van der Waals surface area contributed by atoms with E-state index in [-0.39, 0.29) is 0 Å². The lowest BCUT2D eigenvalue weighted by Crippen LogP contribution is -2.27. The van der Waals surface area contributed by atoms with Crippen molar-refractivity contribution in [3.05, 3.63) is 6.92 Å². The third kappa shape index (κ3) is 4.30. The Morgan fingerprint density at radius 2 is 1.85 bits per heavy atom. The summed E-state index contributed by atoms with van der Waals surface area (Å²) in [7, 11) is 0. The maximum atomic E-state index is 10.9. The third-order valence-corrected chi connectivity index (χ3v) is 2.44. The van der Waals surface area contributed by atoms with E-state index in [4.69, 9.17) is 5.11 Å². The zero-order valence-corrected chi connectivity index (χ0v) is 8.81. The molecule has 0 aliphatic heterocycles. The van der Waals surface area contributed by atoms with Crippen LogP contribution in [0.25, 0.3) is 0 Å². The first-order valence-electron chi connectivity index (χ1n) is 5.15. The lowest BCUT2D eigenvalue weighted by molar-refractivity contribution is -0.147. The van der Waals surface area contributed by atoms with E-state index in [9.17, 15) is 4.79 Å². The summed E-state index contributed by atoms with van der Waals surface area (Å²) >= 11 is 0. The predicted octanol–water partition coefficient (Wildman–Crippen LogP) is 3.27. The Morgan fingerprint density at radius 3 is 2.23 bits per heavy atom. The molecule has 0 aromatic heterocycles. The summed E-state index contributed by atoms with van der Waals surface area (Å²) < 4.78 is 0. The van der Waals surface area contributed by atoms with Crippen LogP contribution >= 0.6 is 0 Å². The zero-order valence-electron chi connectivity index (χ0n) is 8.81. The number of carboxylic acid groups (broad SMARTS) is 1. The zero-order chi connectivity index (χ0) is 10.3. The minimum absolute atomic E-state index is 0.687. The van der Waals surface area contributed by atoms with E-state index in [1.807, 2.05) is 6.92 Å². The molecule has 1 N–H and O–H groups in total. The highest BCUT2D eigenvalue weighted by molar-refractivity contribution is 5.75. The van der Waals surface area contributed by atoms with Crippen LogP contribution in [0.1, 0.15) is 52.4 Å². The maximum absolute atomic E-state index is 10.9. The van der Waals surface area contributed by atoms with Gasteiger partial charge in [-0.05, 0) is 19.8 Å². The molecule has 2 nitrogen and oxygen atoms in total. The topological polar surface area (TPSA) is 37.3 Å². The van der Waals surface area contributed by atoms with Gasteiger partial charge in [0.05, 0.1) is 5.41 Å². The van der Waals surface area contributed by atoms with Crippen molar-refractivity contribution in [3.63, 3.8) is 0 Å². The van der Waals surface area contributed by atoms with E-state index >= 15 is 0 Å². The lowest BCUT2D eigenvalue weighted by atomic mass is 9.81. The molecule has 1 unspecified atom stereocenters. The monoisotopic (exact) mass is 185 g/mol.